The molecule has 12 heterocycles. The predicted molar refractivity (Wildman–Crippen MR) is 328 cm³/mol. The van der Waals surface area contributed by atoms with Gasteiger partial charge in [0.1, 0.15) is 6.61 Å². The Kier molecular flexibility index (Phi) is 22.3. The molecule has 0 unspecified atom stereocenters. The lowest BCUT2D eigenvalue weighted by Crippen LogP contribution is -2.41. The van der Waals surface area contributed by atoms with E-state index in [2.05, 4.69) is 97.4 Å². The number of nitrogens with one attached hydrogen (secondary N) is 4. The molecule has 0 radical (unpaired) electrons. The highest BCUT2D eigenvalue weighted by atomic mass is 16.5. The molecule has 12 rings (SSSR count). The van der Waals surface area contributed by atoms with Crippen LogP contribution in [0.25, 0.3) is 33.8 Å². The molecule has 0 atom stereocenters. The van der Waals surface area contributed by atoms with E-state index < -0.39 is 31.1 Å². The number of hydrogen-bond acceptors (Lipinski definition) is 24. The van der Waals surface area contributed by atoms with Crippen molar-refractivity contribution in [1.29, 1.82) is 0 Å². The minimum atomic E-state index is -1.14. The van der Waals surface area contributed by atoms with E-state index in [0.717, 1.165) is 109 Å². The average molecular weight is 1250 g/mol. The molecular formula is C58H72N24O9. The lowest BCUT2D eigenvalue weighted by atomic mass is 10.1. The number of esters is 2. The van der Waals surface area contributed by atoms with Crippen molar-refractivity contribution in [3.8, 4) is 33.8 Å². The molecule has 9 aromatic rings. The largest absolute Gasteiger partial charge is 0.479 e. The molecule has 0 bridgehead atoms. The van der Waals surface area contributed by atoms with Crippen LogP contribution in [0.15, 0.2) is 111 Å². The zero-order valence-electron chi connectivity index (χ0n) is 50.9. The van der Waals surface area contributed by atoms with Crippen molar-refractivity contribution < 1.29 is 43.7 Å². The molecule has 2 amide bonds. The first-order valence-corrected chi connectivity index (χ1v) is 29.3. The van der Waals surface area contributed by atoms with Crippen molar-refractivity contribution in [2.75, 3.05) is 75.0 Å². The Labute approximate surface area is 521 Å². The topological polar surface area (TPSA) is 383 Å². The molecular weight excluding hydrogens is 1180 g/mol. The highest BCUT2D eigenvalue weighted by Gasteiger charge is 2.27. The van der Waals surface area contributed by atoms with Gasteiger partial charge in [0.25, 0.3) is 5.91 Å². The van der Waals surface area contributed by atoms with Crippen molar-refractivity contribution in [1.82, 2.24) is 104 Å². The van der Waals surface area contributed by atoms with Crippen molar-refractivity contribution >= 4 is 64.6 Å². The number of piperidine rings is 3. The van der Waals surface area contributed by atoms with Gasteiger partial charge in [0.05, 0.1) is 89.5 Å². The van der Waals surface area contributed by atoms with E-state index in [4.69, 9.17) is 14.9 Å². The van der Waals surface area contributed by atoms with Gasteiger partial charge in [0, 0.05) is 134 Å². The van der Waals surface area contributed by atoms with Crippen LogP contribution in [0.4, 0.5) is 34.9 Å². The third-order valence-electron chi connectivity index (χ3n) is 14.5. The second-order valence-corrected chi connectivity index (χ2v) is 21.3. The van der Waals surface area contributed by atoms with E-state index >= 15 is 0 Å². The molecule has 3 aliphatic heterocycles. The minimum Gasteiger partial charge on any atom is -0.479 e. The molecule has 91 heavy (non-hydrogen) atoms. The Morgan fingerprint density at radius 3 is 1.16 bits per heavy atom. The fourth-order valence-electron chi connectivity index (χ4n) is 9.94. The summed E-state index contributed by atoms with van der Waals surface area (Å²) in [6.07, 6.45) is 32.8. The Hall–Kier alpha value is -10.8. The van der Waals surface area contributed by atoms with Crippen molar-refractivity contribution in [3.05, 3.63) is 111 Å². The van der Waals surface area contributed by atoms with Gasteiger partial charge in [0.15, 0.2) is 13.2 Å². The quantitative estimate of drug-likeness (QED) is 0.0704. The number of aromatic nitrogens is 18. The lowest BCUT2D eigenvalue weighted by Gasteiger charge is -2.31. The van der Waals surface area contributed by atoms with Crippen LogP contribution in [0, 0.1) is 0 Å². The third kappa shape index (κ3) is 19.1. The molecule has 0 aliphatic carbocycles. The van der Waals surface area contributed by atoms with Crippen LogP contribution in [0.1, 0.15) is 70.5 Å². The molecule has 3 fully saturated rings. The van der Waals surface area contributed by atoms with Gasteiger partial charge in [0.2, 0.25) is 23.8 Å². The Balaban J connectivity index is 0.000000153. The standard InChI is InChI=1S/C20H24N8O3.C18H22N8O2.C16H20N8.C4H6O4/c1-14(29)31-13-19(30)27-7-4-17(5-8-27)28-11-15(9-23-28)18-3-6-21-20(25-18)24-16-10-22-26(2)12-16;1-24-11-14(9-20-24)22-18-19-5-2-16(23-18)13-8-21-26(10-13)15-3-6-25(7-4-15)17(28)12-27;1-23-11-13(9-19-23)21-16-18-7-4-15(22-16)12-8-20-24(10-12)14-2-5-17-6-3-14;1-3(5)8-2-4(6)7/h3,6,9-12,17H,4-5,7-8,13H2,1-2H3,(H,21,24,25);2,5,8-11,15,27H,3-4,6-7,12H2,1H3,(H,19,22,23);4,7-11,14,17H,2-3,5-6H2,1H3,(H,18,21,22);2H2,1H3,(H,6,7). The zero-order chi connectivity index (χ0) is 64.2. The summed E-state index contributed by atoms with van der Waals surface area (Å²) in [5, 5.41) is 55.6. The van der Waals surface area contributed by atoms with E-state index in [9.17, 15) is 24.0 Å². The third-order valence-corrected chi connectivity index (χ3v) is 14.5. The molecule has 6 N–H and O–H groups in total. The van der Waals surface area contributed by atoms with Gasteiger partial charge >= 0.3 is 17.9 Å². The maximum absolute atomic E-state index is 12.1. The van der Waals surface area contributed by atoms with Crippen molar-refractivity contribution in [2.24, 2.45) is 21.1 Å². The van der Waals surface area contributed by atoms with Crippen LogP contribution in [0.2, 0.25) is 0 Å². The fourth-order valence-corrected chi connectivity index (χ4v) is 9.94. The summed E-state index contributed by atoms with van der Waals surface area (Å²) in [5.41, 5.74) is 7.70. The number of aliphatic hydroxyl groups is 1. The second-order valence-electron chi connectivity index (χ2n) is 21.3. The van der Waals surface area contributed by atoms with Crippen molar-refractivity contribution in [3.63, 3.8) is 0 Å². The average Bonchev–Trinajstić information content (AvgIpc) is 2.39. The van der Waals surface area contributed by atoms with E-state index in [0.29, 0.717) is 50.1 Å². The number of aryl methyl sites for hydroxylation is 3. The molecule has 0 saturated carbocycles. The summed E-state index contributed by atoms with van der Waals surface area (Å²) in [6.45, 7) is 5.84. The summed E-state index contributed by atoms with van der Waals surface area (Å²) in [7, 11) is 5.57. The van der Waals surface area contributed by atoms with E-state index in [1.165, 1.54) is 6.92 Å². The Bertz CT molecular complexity index is 3830. The zero-order valence-corrected chi connectivity index (χ0v) is 50.9. The number of carboxylic acids is 1. The number of hydrogen-bond donors (Lipinski definition) is 6. The van der Waals surface area contributed by atoms with E-state index in [-0.39, 0.29) is 30.5 Å². The highest BCUT2D eigenvalue weighted by Crippen LogP contribution is 2.29. The summed E-state index contributed by atoms with van der Waals surface area (Å²) < 4.78 is 19.9. The maximum atomic E-state index is 12.1. The fraction of sp³-hybridized carbons (Fsp3) is 0.397. The predicted octanol–water partition coefficient (Wildman–Crippen LogP) is 3.89. The van der Waals surface area contributed by atoms with Gasteiger partial charge in [-0.3, -0.25) is 47.3 Å². The van der Waals surface area contributed by atoms with Gasteiger partial charge < -0.3 is 50.8 Å². The summed E-state index contributed by atoms with van der Waals surface area (Å²) in [4.78, 5) is 84.0. The number of carboxylic acid groups (broad SMARTS) is 1. The Morgan fingerprint density at radius 1 is 0.495 bits per heavy atom. The number of aliphatic hydroxyl groups excluding tert-OH is 1. The number of carbonyl (C=O) groups is 5. The molecule has 0 aromatic carbocycles. The lowest BCUT2D eigenvalue weighted by molar-refractivity contribution is -0.153. The summed E-state index contributed by atoms with van der Waals surface area (Å²) >= 11 is 0. The number of aliphatic carboxylic acids is 1. The van der Waals surface area contributed by atoms with Crippen LogP contribution >= 0.6 is 0 Å². The second kappa shape index (κ2) is 31.4. The van der Waals surface area contributed by atoms with Crippen LogP contribution in [0.5, 0.6) is 0 Å². The first-order chi connectivity index (χ1) is 44.0. The van der Waals surface area contributed by atoms with E-state index in [1.54, 1.807) is 73.4 Å². The molecule has 33 heteroatoms. The normalized spacial score (nSPS) is 14.4. The SMILES string of the molecule is CC(=O)OCC(=O)N1CCC(n2cc(-c3ccnc(Nc4cnn(C)c4)n3)cn2)CC1.CC(=O)OCC(=O)O.Cn1cc(Nc2nccc(-c3cnn(C4CCN(C(=O)CO)CC4)c3)n2)cn1.Cn1cc(Nc2nccc(-c3cnn(C4CCNCC4)c3)n2)cn1. The van der Waals surface area contributed by atoms with Gasteiger partial charge in [-0.25, -0.2) is 34.7 Å². The van der Waals surface area contributed by atoms with Crippen LogP contribution in [-0.2, 0) is 54.6 Å². The van der Waals surface area contributed by atoms with Crippen molar-refractivity contribution in [2.45, 2.75) is 70.5 Å². The van der Waals surface area contributed by atoms with Gasteiger partial charge in [-0.05, 0) is 69.8 Å². The Morgan fingerprint density at radius 2 is 0.846 bits per heavy atom. The number of amides is 2. The van der Waals surface area contributed by atoms with Crippen LogP contribution in [0.3, 0.4) is 0 Å². The molecule has 3 aliphatic rings. The van der Waals surface area contributed by atoms with Crippen LogP contribution in [-0.4, -0.2) is 197 Å². The molecule has 33 nitrogen and oxygen atoms in total. The van der Waals surface area contributed by atoms with Gasteiger partial charge in [-0.2, -0.15) is 30.6 Å². The number of rotatable bonds is 17. The minimum absolute atomic E-state index is 0.163. The number of likely N-dealkylation sites (tertiary alicyclic amines) is 2. The number of ether oxygens (including phenoxy) is 2. The number of nitrogens with zero attached hydrogens (tertiary/aromatic N) is 20. The van der Waals surface area contributed by atoms with Gasteiger partial charge in [-0.1, -0.05) is 0 Å². The first-order valence-electron chi connectivity index (χ1n) is 29.3. The molecule has 0 spiro atoms. The van der Waals surface area contributed by atoms with Crippen LogP contribution < -0.4 is 21.3 Å². The number of carbonyl (C=O) groups excluding carboxylic acids is 4. The molecule has 9 aromatic heterocycles. The highest BCUT2D eigenvalue weighted by molar-refractivity contribution is 5.80. The molecule has 478 valence electrons. The smallest absolute Gasteiger partial charge is 0.341 e. The monoisotopic (exact) mass is 1250 g/mol. The summed E-state index contributed by atoms with van der Waals surface area (Å²) in [6, 6.07) is 6.48. The maximum Gasteiger partial charge on any atom is 0.341 e. The summed E-state index contributed by atoms with van der Waals surface area (Å²) in [5.74, 6) is -1.01. The molecule has 3 saturated heterocycles. The van der Waals surface area contributed by atoms with Gasteiger partial charge in [-0.15, -0.1) is 0 Å². The van der Waals surface area contributed by atoms with E-state index in [1.807, 2.05) is 85.9 Å². The number of anilines is 6. The first kappa shape index (κ1) is 64.6.